The van der Waals surface area contributed by atoms with Gasteiger partial charge < -0.3 is 14.8 Å². The number of ether oxygens (including phenoxy) is 2. The molecule has 1 aliphatic rings. The molecule has 158 valence electrons. The predicted octanol–water partition coefficient (Wildman–Crippen LogP) is -0.125. The van der Waals surface area contributed by atoms with Crippen molar-refractivity contribution in [3.63, 3.8) is 0 Å². The first-order valence-corrected chi connectivity index (χ1v) is 11.0. The Balaban J connectivity index is 1.53. The molecule has 1 saturated heterocycles. The number of nitrogens with one attached hydrogen (secondary N) is 1. The normalized spacial score (nSPS) is 16.0. The molecule has 2 heterocycles. The number of carbonyl (C=O) groups excluding carboxylic acids is 1. The highest BCUT2D eigenvalue weighted by Gasteiger charge is 2.30. The van der Waals surface area contributed by atoms with Gasteiger partial charge in [0.25, 0.3) is 0 Å². The number of aromatic nitrogens is 3. The van der Waals surface area contributed by atoms with E-state index in [4.69, 9.17) is 9.47 Å². The van der Waals surface area contributed by atoms with Gasteiger partial charge in [-0.1, -0.05) is 11.8 Å². The molecular weight excluding hydrogens is 382 g/mol. The molecular formula is C18H31N5O4S. The van der Waals surface area contributed by atoms with Gasteiger partial charge in [-0.05, 0) is 13.8 Å². The van der Waals surface area contributed by atoms with Crippen LogP contribution in [-0.2, 0) is 38.2 Å². The molecule has 0 bridgehead atoms. The quantitative estimate of drug-likeness (QED) is 0.355. The van der Waals surface area contributed by atoms with Crippen LogP contribution in [0.4, 0.5) is 0 Å². The molecule has 0 radical (unpaired) electrons. The number of hydrogen-bond acceptors (Lipinski definition) is 7. The van der Waals surface area contributed by atoms with Gasteiger partial charge in [0.05, 0.1) is 49.6 Å². The fourth-order valence-electron chi connectivity index (χ4n) is 2.69. The third-order valence-electron chi connectivity index (χ3n) is 4.58. The number of hydrogen-bond donors (Lipinski definition) is 1. The molecule has 2 rings (SSSR count). The summed E-state index contributed by atoms with van der Waals surface area (Å²) in [6.45, 7) is 12.7. The lowest BCUT2D eigenvalue weighted by molar-refractivity contribution is -0.117. The van der Waals surface area contributed by atoms with Crippen LogP contribution in [-0.4, -0.2) is 87.6 Å². The first kappa shape index (κ1) is 22.7. The van der Waals surface area contributed by atoms with Gasteiger partial charge in [-0.25, -0.2) is 4.68 Å². The third-order valence-corrected chi connectivity index (χ3v) is 5.82. The third kappa shape index (κ3) is 7.08. The van der Waals surface area contributed by atoms with Crippen molar-refractivity contribution in [2.45, 2.75) is 32.2 Å². The summed E-state index contributed by atoms with van der Waals surface area (Å²) in [7, 11) is -0.748. The van der Waals surface area contributed by atoms with Crippen LogP contribution in [0.25, 0.3) is 0 Å². The smallest absolute Gasteiger partial charge is 0.246 e. The number of rotatable bonds is 13. The van der Waals surface area contributed by atoms with E-state index >= 15 is 0 Å². The highest BCUT2D eigenvalue weighted by atomic mass is 32.2. The summed E-state index contributed by atoms with van der Waals surface area (Å²) in [5.74, 6) is -0.156. The molecule has 10 heteroatoms. The van der Waals surface area contributed by atoms with Crippen molar-refractivity contribution in [2.24, 2.45) is 0 Å². The van der Waals surface area contributed by atoms with Crippen LogP contribution in [0.2, 0.25) is 0 Å². The maximum Gasteiger partial charge on any atom is 0.246 e. The Morgan fingerprint density at radius 1 is 1.29 bits per heavy atom. The Bertz CT molecular complexity index is 688. The van der Waals surface area contributed by atoms with E-state index in [9.17, 15) is 9.00 Å². The molecule has 1 fully saturated rings. The van der Waals surface area contributed by atoms with Crippen LogP contribution < -0.4 is 5.32 Å². The van der Waals surface area contributed by atoms with E-state index in [0.29, 0.717) is 45.1 Å². The van der Waals surface area contributed by atoms with Gasteiger partial charge in [0.1, 0.15) is 0 Å². The fraction of sp³-hybridized carbons (Fsp3) is 0.722. The van der Waals surface area contributed by atoms with Crippen LogP contribution >= 0.6 is 0 Å². The molecule has 0 saturated carbocycles. The lowest BCUT2D eigenvalue weighted by Crippen LogP contribution is -2.52. The average molecular weight is 414 g/mol. The lowest BCUT2D eigenvalue weighted by Gasteiger charge is -2.37. The highest BCUT2D eigenvalue weighted by Crippen LogP contribution is 2.17. The van der Waals surface area contributed by atoms with Crippen LogP contribution in [0, 0.1) is 6.92 Å². The zero-order chi connectivity index (χ0) is 20.5. The molecule has 0 aliphatic carbocycles. The SMILES string of the molecule is C=C(C)C(=O)NCCOCCOCCn1nnc(CN2CC(S(C)=O)C2)c1C. The number of nitrogens with zero attached hydrogens (tertiary/aromatic N) is 4. The molecule has 28 heavy (non-hydrogen) atoms. The minimum atomic E-state index is -0.748. The Hall–Kier alpha value is -1.62. The monoisotopic (exact) mass is 413 g/mol. The van der Waals surface area contributed by atoms with Gasteiger partial charge in [-0.3, -0.25) is 13.9 Å². The minimum Gasteiger partial charge on any atom is -0.377 e. The molecule has 1 unspecified atom stereocenters. The molecule has 1 aliphatic heterocycles. The van der Waals surface area contributed by atoms with E-state index in [2.05, 4.69) is 27.1 Å². The van der Waals surface area contributed by atoms with Gasteiger partial charge in [0, 0.05) is 48.8 Å². The summed E-state index contributed by atoms with van der Waals surface area (Å²) in [5.41, 5.74) is 2.48. The Labute approximate surface area is 168 Å². The van der Waals surface area contributed by atoms with E-state index in [1.807, 2.05) is 11.6 Å². The molecule has 9 nitrogen and oxygen atoms in total. The van der Waals surface area contributed by atoms with Crippen molar-refractivity contribution in [1.29, 1.82) is 0 Å². The maximum absolute atomic E-state index is 11.4. The summed E-state index contributed by atoms with van der Waals surface area (Å²) in [4.78, 5) is 13.5. The lowest BCUT2D eigenvalue weighted by atomic mass is 10.2. The molecule has 0 spiro atoms. The zero-order valence-corrected chi connectivity index (χ0v) is 17.8. The average Bonchev–Trinajstić information content (AvgIpc) is 2.95. The molecule has 1 amide bonds. The number of amides is 1. The Morgan fingerprint density at radius 3 is 2.61 bits per heavy atom. The minimum absolute atomic E-state index is 0.156. The summed E-state index contributed by atoms with van der Waals surface area (Å²) < 4.78 is 24.2. The Kier molecular flexibility index (Phi) is 9.23. The fourth-order valence-corrected chi connectivity index (χ4v) is 3.53. The Morgan fingerprint density at radius 2 is 1.96 bits per heavy atom. The van der Waals surface area contributed by atoms with Crippen LogP contribution in [0.1, 0.15) is 18.3 Å². The van der Waals surface area contributed by atoms with E-state index in [1.165, 1.54) is 0 Å². The summed E-state index contributed by atoms with van der Waals surface area (Å²) in [5, 5.41) is 11.4. The largest absolute Gasteiger partial charge is 0.377 e. The first-order valence-electron chi connectivity index (χ1n) is 9.41. The van der Waals surface area contributed by atoms with Gasteiger partial charge in [0.15, 0.2) is 0 Å². The van der Waals surface area contributed by atoms with Crippen molar-refractivity contribution >= 4 is 16.7 Å². The molecule has 1 aromatic rings. The molecule has 1 atom stereocenters. The van der Waals surface area contributed by atoms with E-state index < -0.39 is 10.8 Å². The number of likely N-dealkylation sites (tertiary alicyclic amines) is 1. The van der Waals surface area contributed by atoms with E-state index in [0.717, 1.165) is 31.0 Å². The predicted molar refractivity (Wildman–Crippen MR) is 107 cm³/mol. The summed E-state index contributed by atoms with van der Waals surface area (Å²) >= 11 is 0. The van der Waals surface area contributed by atoms with Gasteiger partial charge >= 0.3 is 0 Å². The van der Waals surface area contributed by atoms with Gasteiger partial charge in [-0.15, -0.1) is 5.10 Å². The first-order chi connectivity index (χ1) is 13.4. The zero-order valence-electron chi connectivity index (χ0n) is 17.0. The van der Waals surface area contributed by atoms with Crippen molar-refractivity contribution in [3.8, 4) is 0 Å². The summed E-state index contributed by atoms with van der Waals surface area (Å²) in [6, 6.07) is 0. The van der Waals surface area contributed by atoms with Crippen molar-refractivity contribution in [1.82, 2.24) is 25.2 Å². The van der Waals surface area contributed by atoms with Crippen molar-refractivity contribution < 1.29 is 18.5 Å². The second kappa shape index (κ2) is 11.4. The highest BCUT2D eigenvalue weighted by molar-refractivity contribution is 7.85. The second-order valence-electron chi connectivity index (χ2n) is 6.92. The maximum atomic E-state index is 11.4. The molecule has 0 aromatic carbocycles. The van der Waals surface area contributed by atoms with Crippen molar-refractivity contribution in [3.05, 3.63) is 23.5 Å². The van der Waals surface area contributed by atoms with E-state index in [1.54, 1.807) is 13.2 Å². The number of carbonyl (C=O) groups is 1. The summed E-state index contributed by atoms with van der Waals surface area (Å²) in [6.07, 6.45) is 1.76. The van der Waals surface area contributed by atoms with Crippen LogP contribution in [0.3, 0.4) is 0 Å². The topological polar surface area (TPSA) is 98.6 Å². The van der Waals surface area contributed by atoms with Gasteiger partial charge in [0.2, 0.25) is 5.91 Å². The molecule has 1 N–H and O–H groups in total. The standard InChI is InChI=1S/C18H31N5O4S/c1-14(2)18(24)19-5-7-26-9-10-27-8-6-23-15(3)17(20-21-23)13-22-11-16(12-22)28(4)25/h16H,1,5-13H2,2-4H3,(H,19,24). The molecule has 1 aromatic heterocycles. The van der Waals surface area contributed by atoms with Crippen molar-refractivity contribution in [2.75, 3.05) is 52.3 Å². The van der Waals surface area contributed by atoms with Crippen LogP contribution in [0.5, 0.6) is 0 Å². The van der Waals surface area contributed by atoms with Crippen LogP contribution in [0.15, 0.2) is 12.2 Å². The second-order valence-corrected chi connectivity index (χ2v) is 8.58. The van der Waals surface area contributed by atoms with E-state index in [-0.39, 0.29) is 11.2 Å². The van der Waals surface area contributed by atoms with Gasteiger partial charge in [-0.2, -0.15) is 0 Å².